The molecule has 2 nitrogen and oxygen atoms in total. The van der Waals surface area contributed by atoms with Crippen molar-refractivity contribution in [2.75, 3.05) is 0 Å². The highest BCUT2D eigenvalue weighted by atomic mass is 32.1. The average molecular weight is 599 g/mol. The van der Waals surface area contributed by atoms with Crippen LogP contribution in [0.5, 0.6) is 0 Å². The summed E-state index contributed by atoms with van der Waals surface area (Å²) in [5, 5.41) is 13.5. The van der Waals surface area contributed by atoms with E-state index in [4.69, 9.17) is 8.83 Å². The van der Waals surface area contributed by atoms with Crippen LogP contribution in [0.2, 0.25) is 0 Å². The van der Waals surface area contributed by atoms with Gasteiger partial charge in [0.25, 0.3) is 0 Å². The summed E-state index contributed by atoms with van der Waals surface area (Å²) in [5.74, 6) is 0. The van der Waals surface area contributed by atoms with Crippen molar-refractivity contribution in [2.45, 2.75) is 0 Å². The number of rotatable bonds is 3. The van der Waals surface area contributed by atoms with Crippen molar-refractivity contribution >= 4 is 88.1 Å². The van der Waals surface area contributed by atoms with E-state index in [1.54, 1.807) is 22.7 Å². The highest BCUT2D eigenvalue weighted by molar-refractivity contribution is 7.14. The molecule has 0 spiro atoms. The van der Waals surface area contributed by atoms with E-state index in [1.165, 1.54) is 31.7 Å². The van der Waals surface area contributed by atoms with Crippen LogP contribution < -0.4 is 0 Å². The van der Waals surface area contributed by atoms with Gasteiger partial charge >= 0.3 is 0 Å². The molecule has 0 saturated heterocycles. The van der Waals surface area contributed by atoms with Crippen LogP contribution in [0.1, 0.15) is 0 Å². The van der Waals surface area contributed by atoms with E-state index in [-0.39, 0.29) is 0 Å². The Balaban J connectivity index is 1.16. The number of hydrogen-bond acceptors (Lipinski definition) is 4. The predicted octanol–water partition coefficient (Wildman–Crippen LogP) is 12.9. The van der Waals surface area contributed by atoms with Gasteiger partial charge in [-0.1, -0.05) is 72.8 Å². The molecule has 0 N–H and O–H groups in total. The Morgan fingerprint density at radius 1 is 0.364 bits per heavy atom. The lowest BCUT2D eigenvalue weighted by molar-refractivity contribution is 0.672. The number of furan rings is 2. The van der Waals surface area contributed by atoms with E-state index >= 15 is 0 Å². The molecule has 4 heteroatoms. The minimum absolute atomic E-state index is 0.891. The lowest BCUT2D eigenvalue weighted by Crippen LogP contribution is -1.80. The highest BCUT2D eigenvalue weighted by Gasteiger charge is 2.18. The molecule has 0 saturated carbocycles. The highest BCUT2D eigenvalue weighted by Crippen LogP contribution is 2.44. The molecular formula is C40H22O2S2. The summed E-state index contributed by atoms with van der Waals surface area (Å²) in [7, 11) is 0. The van der Waals surface area contributed by atoms with Crippen molar-refractivity contribution in [3.05, 3.63) is 132 Å². The van der Waals surface area contributed by atoms with Crippen molar-refractivity contribution in [3.63, 3.8) is 0 Å². The van der Waals surface area contributed by atoms with E-state index in [1.807, 2.05) is 0 Å². The Kier molecular flexibility index (Phi) is 5.06. The fourth-order valence-electron chi connectivity index (χ4n) is 6.83. The van der Waals surface area contributed by atoms with Gasteiger partial charge in [-0.05, 0) is 81.2 Å². The van der Waals surface area contributed by atoms with Gasteiger partial charge in [0.15, 0.2) is 0 Å². The second-order valence-electron chi connectivity index (χ2n) is 11.3. The molecule has 0 atom stereocenters. The fraction of sp³-hybridized carbons (Fsp3) is 0. The Labute approximate surface area is 260 Å². The van der Waals surface area contributed by atoms with Crippen molar-refractivity contribution in [1.29, 1.82) is 0 Å². The van der Waals surface area contributed by atoms with Crippen LogP contribution in [0, 0.1) is 0 Å². The van der Waals surface area contributed by atoms with Gasteiger partial charge in [0.05, 0.1) is 0 Å². The largest absolute Gasteiger partial charge is 0.455 e. The Bertz CT molecular complexity index is 2520. The second-order valence-corrected chi connectivity index (χ2v) is 13.2. The monoisotopic (exact) mass is 598 g/mol. The Hall–Kier alpha value is -5.16. The zero-order valence-corrected chi connectivity index (χ0v) is 25.0. The summed E-state index contributed by atoms with van der Waals surface area (Å²) in [6.07, 6.45) is 0. The zero-order valence-electron chi connectivity index (χ0n) is 23.3. The maximum Gasteiger partial charge on any atom is 0.143 e. The normalized spacial score (nSPS) is 12.1. The van der Waals surface area contributed by atoms with Crippen molar-refractivity contribution < 1.29 is 8.83 Å². The maximum absolute atomic E-state index is 6.61. The number of fused-ring (bicyclic) bond motifs is 10. The molecule has 0 fully saturated rings. The third kappa shape index (κ3) is 3.47. The summed E-state index contributed by atoms with van der Waals surface area (Å²) in [6, 6.07) is 43.5. The molecule has 0 radical (unpaired) electrons. The van der Waals surface area contributed by atoms with Gasteiger partial charge in [-0.25, -0.2) is 0 Å². The van der Waals surface area contributed by atoms with Gasteiger partial charge in [-0.15, -0.1) is 22.7 Å². The number of benzene rings is 6. The van der Waals surface area contributed by atoms with Crippen LogP contribution in [0.3, 0.4) is 0 Å². The van der Waals surface area contributed by atoms with Gasteiger partial charge in [0.1, 0.15) is 22.3 Å². The van der Waals surface area contributed by atoms with Crippen molar-refractivity contribution in [3.8, 4) is 32.0 Å². The van der Waals surface area contributed by atoms with Crippen molar-refractivity contribution in [1.82, 2.24) is 0 Å². The molecule has 6 aromatic carbocycles. The van der Waals surface area contributed by atoms with E-state index in [0.29, 0.717) is 0 Å². The van der Waals surface area contributed by atoms with E-state index in [9.17, 15) is 0 Å². The lowest BCUT2D eigenvalue weighted by atomic mass is 9.97. The summed E-state index contributed by atoms with van der Waals surface area (Å²) >= 11 is 3.54. The second kappa shape index (κ2) is 9.17. The summed E-state index contributed by atoms with van der Waals surface area (Å²) in [6.45, 7) is 0. The molecule has 0 aliphatic carbocycles. The minimum atomic E-state index is 0.891. The number of thiophene rings is 2. The topological polar surface area (TPSA) is 26.3 Å². The fourth-order valence-corrected chi connectivity index (χ4v) is 8.34. The summed E-state index contributed by atoms with van der Waals surface area (Å²) in [5.41, 5.74) is 8.37. The van der Waals surface area contributed by atoms with Crippen LogP contribution in [-0.4, -0.2) is 0 Å². The first-order chi connectivity index (χ1) is 21.8. The van der Waals surface area contributed by atoms with Gasteiger partial charge in [-0.2, -0.15) is 0 Å². The average Bonchev–Trinajstić information content (AvgIpc) is 3.90. The quantitative estimate of drug-likeness (QED) is 0.202. The van der Waals surface area contributed by atoms with Crippen LogP contribution in [-0.2, 0) is 0 Å². The van der Waals surface area contributed by atoms with Crippen molar-refractivity contribution in [2.24, 2.45) is 0 Å². The summed E-state index contributed by atoms with van der Waals surface area (Å²) in [4.78, 5) is 2.53. The smallest absolute Gasteiger partial charge is 0.143 e. The first kappa shape index (κ1) is 24.3. The van der Waals surface area contributed by atoms with E-state index in [0.717, 1.165) is 65.8 Å². The first-order valence-electron chi connectivity index (χ1n) is 14.6. The first-order valence-corrected chi connectivity index (χ1v) is 16.4. The zero-order chi connectivity index (χ0) is 28.8. The molecule has 44 heavy (non-hydrogen) atoms. The molecule has 10 rings (SSSR count). The minimum Gasteiger partial charge on any atom is -0.455 e. The molecule has 0 aliphatic heterocycles. The molecule has 4 heterocycles. The summed E-state index contributed by atoms with van der Waals surface area (Å²) < 4.78 is 13.2. The molecule has 206 valence electrons. The van der Waals surface area contributed by atoms with Crippen LogP contribution in [0.15, 0.2) is 141 Å². The Morgan fingerprint density at radius 3 is 1.25 bits per heavy atom. The molecular weight excluding hydrogens is 577 g/mol. The molecule has 0 bridgehead atoms. The lowest BCUT2D eigenvalue weighted by Gasteiger charge is -2.06. The third-order valence-corrected chi connectivity index (χ3v) is 10.7. The standard InChI is InChI=1S/C40H22O2S2/c1-3-9-29-25(7-1)31(37-11-5-17-43-37)21-33-27-15-13-23(19-35(27)41-39(29)33)24-14-16-28-34-22-32(38-12-6-18-44-38)26-8-2-4-10-30(26)40(34)42-36(28)20-24/h1-22H. The molecule has 10 aromatic rings. The van der Waals surface area contributed by atoms with Crippen LogP contribution in [0.4, 0.5) is 0 Å². The molecule has 0 unspecified atom stereocenters. The van der Waals surface area contributed by atoms with Gasteiger partial charge < -0.3 is 8.83 Å². The van der Waals surface area contributed by atoms with Crippen LogP contribution >= 0.6 is 22.7 Å². The van der Waals surface area contributed by atoms with Crippen LogP contribution in [0.25, 0.3) is 97.4 Å². The van der Waals surface area contributed by atoms with Gasteiger partial charge in [0.2, 0.25) is 0 Å². The molecule has 0 amide bonds. The van der Waals surface area contributed by atoms with Gasteiger partial charge in [0, 0.05) is 53.2 Å². The predicted molar refractivity (Wildman–Crippen MR) is 188 cm³/mol. The SMILES string of the molecule is c1csc(-c2cc3c4ccc(-c5ccc6c(c5)oc5c7ccccc7c(-c7cccs7)cc65)cc4oc3c3ccccc23)c1. The third-order valence-electron chi connectivity index (χ3n) is 8.86. The number of hydrogen-bond donors (Lipinski definition) is 0. The van der Waals surface area contributed by atoms with Gasteiger partial charge in [-0.3, -0.25) is 0 Å². The Morgan fingerprint density at radius 2 is 0.818 bits per heavy atom. The molecule has 4 aromatic heterocycles. The van der Waals surface area contributed by atoms with E-state index in [2.05, 4.69) is 132 Å². The molecule has 0 aliphatic rings. The maximum atomic E-state index is 6.61. The van der Waals surface area contributed by atoms with E-state index < -0.39 is 0 Å².